The Labute approximate surface area is 70.4 Å². The summed E-state index contributed by atoms with van der Waals surface area (Å²) in [5, 5.41) is 0. The maximum Gasteiger partial charge on any atom is 0.145 e. The maximum atomic E-state index is 10.9. The molecule has 1 atom stereocenters. The van der Waals surface area contributed by atoms with Gasteiger partial charge in [-0.15, -0.1) is 0 Å². The number of Topliss-reactive ketones (excluding diaryl/α,β-unsaturated/α-hetero) is 1. The average molecular weight is 240 g/mol. The van der Waals surface area contributed by atoms with Crippen molar-refractivity contribution in [1.29, 1.82) is 0 Å². The van der Waals surface area contributed by atoms with Crippen molar-refractivity contribution >= 4 is 28.4 Å². The Kier molecular flexibility index (Phi) is 5.44. The third kappa shape index (κ3) is 4.88. The molecule has 0 radical (unpaired) electrons. The van der Waals surface area contributed by atoms with Crippen molar-refractivity contribution in [3.8, 4) is 0 Å². The Bertz CT molecular complexity index is 88.9. The van der Waals surface area contributed by atoms with Gasteiger partial charge in [0.15, 0.2) is 0 Å². The van der Waals surface area contributed by atoms with Gasteiger partial charge in [0.2, 0.25) is 0 Å². The molecule has 0 N–H and O–H groups in total. The quantitative estimate of drug-likeness (QED) is 0.545. The molecule has 0 spiro atoms. The van der Waals surface area contributed by atoms with E-state index in [1.807, 2.05) is 6.92 Å². The first-order valence-electron chi connectivity index (χ1n) is 3.35. The summed E-state index contributed by atoms with van der Waals surface area (Å²) in [5.41, 5.74) is 0. The summed E-state index contributed by atoms with van der Waals surface area (Å²) in [6, 6.07) is 0. The minimum atomic E-state index is 0.203. The molecular weight excluding hydrogens is 227 g/mol. The zero-order valence-electron chi connectivity index (χ0n) is 5.98. The average Bonchev–Trinajstić information content (AvgIpc) is 1.82. The first-order chi connectivity index (χ1) is 4.18. The van der Waals surface area contributed by atoms with Crippen LogP contribution in [0.1, 0.15) is 33.1 Å². The van der Waals surface area contributed by atoms with Crippen LogP contribution >= 0.6 is 22.6 Å². The van der Waals surface area contributed by atoms with Gasteiger partial charge in [-0.05, 0) is 13.3 Å². The van der Waals surface area contributed by atoms with Crippen LogP contribution in [0.15, 0.2) is 0 Å². The van der Waals surface area contributed by atoms with E-state index in [9.17, 15) is 4.79 Å². The van der Waals surface area contributed by atoms with Crippen molar-refractivity contribution in [1.82, 2.24) is 0 Å². The van der Waals surface area contributed by atoms with Crippen LogP contribution < -0.4 is 0 Å². The number of hydrogen-bond acceptors (Lipinski definition) is 1. The molecule has 0 aromatic rings. The molecular formula is C7H13IO. The lowest BCUT2D eigenvalue weighted by Crippen LogP contribution is -2.08. The van der Waals surface area contributed by atoms with E-state index in [1.54, 1.807) is 0 Å². The van der Waals surface area contributed by atoms with Gasteiger partial charge in [0.1, 0.15) is 5.78 Å². The van der Waals surface area contributed by atoms with E-state index in [-0.39, 0.29) is 3.92 Å². The van der Waals surface area contributed by atoms with Gasteiger partial charge in [0.25, 0.3) is 0 Å². The minimum absolute atomic E-state index is 0.203. The second kappa shape index (κ2) is 5.21. The van der Waals surface area contributed by atoms with E-state index in [0.717, 1.165) is 19.3 Å². The Morgan fingerprint density at radius 2 is 2.22 bits per heavy atom. The van der Waals surface area contributed by atoms with Crippen molar-refractivity contribution in [3.05, 3.63) is 0 Å². The highest BCUT2D eigenvalue weighted by molar-refractivity contribution is 14.1. The Hall–Kier alpha value is 0.400. The van der Waals surface area contributed by atoms with E-state index >= 15 is 0 Å². The van der Waals surface area contributed by atoms with E-state index in [1.165, 1.54) is 0 Å². The van der Waals surface area contributed by atoms with Crippen LogP contribution in [0.4, 0.5) is 0 Å². The fourth-order valence-electron chi connectivity index (χ4n) is 0.550. The molecule has 2 heteroatoms. The van der Waals surface area contributed by atoms with Gasteiger partial charge in [-0.1, -0.05) is 35.9 Å². The van der Waals surface area contributed by atoms with Crippen LogP contribution in [0, 0.1) is 0 Å². The van der Waals surface area contributed by atoms with Crippen LogP contribution in [0.3, 0.4) is 0 Å². The molecule has 0 fully saturated rings. The summed E-state index contributed by atoms with van der Waals surface area (Å²) in [7, 11) is 0. The molecule has 54 valence electrons. The predicted molar refractivity (Wildman–Crippen MR) is 48.0 cm³/mol. The number of carbonyl (C=O) groups is 1. The summed E-state index contributed by atoms with van der Waals surface area (Å²) in [5.74, 6) is 0.387. The van der Waals surface area contributed by atoms with E-state index in [0.29, 0.717) is 5.78 Å². The number of alkyl halides is 1. The molecule has 0 amide bonds. The Balaban J connectivity index is 3.28. The summed E-state index contributed by atoms with van der Waals surface area (Å²) in [4.78, 5) is 10.9. The molecule has 0 aliphatic rings. The van der Waals surface area contributed by atoms with Gasteiger partial charge in [-0.25, -0.2) is 0 Å². The van der Waals surface area contributed by atoms with E-state index < -0.39 is 0 Å². The molecule has 0 aliphatic carbocycles. The molecule has 1 unspecified atom stereocenters. The number of hydrogen-bond donors (Lipinski definition) is 0. The minimum Gasteiger partial charge on any atom is -0.299 e. The molecule has 0 heterocycles. The molecule has 9 heavy (non-hydrogen) atoms. The van der Waals surface area contributed by atoms with Gasteiger partial charge < -0.3 is 0 Å². The number of rotatable bonds is 4. The maximum absolute atomic E-state index is 10.9. The van der Waals surface area contributed by atoms with Crippen molar-refractivity contribution in [3.63, 3.8) is 0 Å². The Morgan fingerprint density at radius 1 is 1.67 bits per heavy atom. The van der Waals surface area contributed by atoms with Crippen molar-refractivity contribution in [2.75, 3.05) is 0 Å². The standard InChI is InChI=1S/C7H13IO/c1-3-4-5-7(9)6(2)8/h6H,3-5H2,1-2H3. The molecule has 0 bridgehead atoms. The third-order valence-electron chi connectivity index (χ3n) is 1.22. The molecule has 0 aliphatic heterocycles. The molecule has 0 aromatic heterocycles. The highest BCUT2D eigenvalue weighted by Gasteiger charge is 2.06. The number of ketones is 1. The lowest BCUT2D eigenvalue weighted by Gasteiger charge is -1.98. The van der Waals surface area contributed by atoms with Gasteiger partial charge in [0, 0.05) is 6.42 Å². The largest absolute Gasteiger partial charge is 0.299 e. The fraction of sp³-hybridized carbons (Fsp3) is 0.857. The molecule has 0 rings (SSSR count). The van der Waals surface area contributed by atoms with Crippen molar-refractivity contribution < 1.29 is 4.79 Å². The van der Waals surface area contributed by atoms with Crippen LogP contribution in [-0.4, -0.2) is 9.71 Å². The highest BCUT2D eigenvalue weighted by atomic mass is 127. The lowest BCUT2D eigenvalue weighted by molar-refractivity contribution is -0.118. The van der Waals surface area contributed by atoms with Crippen LogP contribution in [0.25, 0.3) is 0 Å². The fourth-order valence-corrected chi connectivity index (χ4v) is 0.861. The second-order valence-corrected chi connectivity index (χ2v) is 4.05. The van der Waals surface area contributed by atoms with E-state index in [2.05, 4.69) is 29.5 Å². The van der Waals surface area contributed by atoms with Crippen molar-refractivity contribution in [2.45, 2.75) is 37.0 Å². The lowest BCUT2D eigenvalue weighted by atomic mass is 10.1. The van der Waals surface area contributed by atoms with E-state index in [4.69, 9.17) is 0 Å². The zero-order valence-corrected chi connectivity index (χ0v) is 8.14. The molecule has 0 saturated carbocycles. The van der Waals surface area contributed by atoms with Crippen LogP contribution in [0.2, 0.25) is 0 Å². The van der Waals surface area contributed by atoms with Gasteiger partial charge in [-0.2, -0.15) is 0 Å². The Morgan fingerprint density at radius 3 is 2.56 bits per heavy atom. The topological polar surface area (TPSA) is 17.1 Å². The third-order valence-corrected chi connectivity index (χ3v) is 1.92. The predicted octanol–water partition coefficient (Wildman–Crippen LogP) is 2.57. The van der Waals surface area contributed by atoms with Gasteiger partial charge in [0.05, 0.1) is 3.92 Å². The summed E-state index contributed by atoms with van der Waals surface area (Å²) in [6.45, 7) is 4.05. The number of carbonyl (C=O) groups excluding carboxylic acids is 1. The summed E-state index contributed by atoms with van der Waals surface area (Å²) in [6.07, 6.45) is 2.93. The number of unbranched alkanes of at least 4 members (excludes halogenated alkanes) is 1. The number of halogens is 1. The zero-order chi connectivity index (χ0) is 7.28. The SMILES string of the molecule is CCCCC(=O)C(C)I. The monoisotopic (exact) mass is 240 g/mol. The molecule has 1 nitrogen and oxygen atoms in total. The smallest absolute Gasteiger partial charge is 0.145 e. The summed E-state index contributed by atoms with van der Waals surface area (Å²) >= 11 is 2.16. The normalized spacial score (nSPS) is 13.2. The second-order valence-electron chi connectivity index (χ2n) is 2.19. The molecule has 0 aromatic carbocycles. The van der Waals surface area contributed by atoms with Gasteiger partial charge >= 0.3 is 0 Å². The summed E-state index contributed by atoms with van der Waals surface area (Å²) < 4.78 is 0.203. The first kappa shape index (κ1) is 9.40. The first-order valence-corrected chi connectivity index (χ1v) is 4.59. The van der Waals surface area contributed by atoms with Crippen LogP contribution in [-0.2, 0) is 4.79 Å². The highest BCUT2D eigenvalue weighted by Crippen LogP contribution is 2.05. The molecule has 0 saturated heterocycles. The van der Waals surface area contributed by atoms with Gasteiger partial charge in [-0.3, -0.25) is 4.79 Å². The van der Waals surface area contributed by atoms with Crippen LogP contribution in [0.5, 0.6) is 0 Å². The van der Waals surface area contributed by atoms with Crippen molar-refractivity contribution in [2.24, 2.45) is 0 Å².